The summed E-state index contributed by atoms with van der Waals surface area (Å²) in [6.45, 7) is 2.73. The van der Waals surface area contributed by atoms with Crippen molar-refractivity contribution in [2.45, 2.75) is 11.8 Å². The summed E-state index contributed by atoms with van der Waals surface area (Å²) in [5.74, 6) is 0.822. The van der Waals surface area contributed by atoms with E-state index in [-0.39, 0.29) is 5.91 Å². The highest BCUT2D eigenvalue weighted by atomic mass is 79.9. The van der Waals surface area contributed by atoms with Gasteiger partial charge in [0.15, 0.2) is 0 Å². The molecule has 0 unspecified atom stereocenters. The van der Waals surface area contributed by atoms with Gasteiger partial charge in [0.25, 0.3) is 5.91 Å². The van der Waals surface area contributed by atoms with Crippen molar-refractivity contribution in [1.29, 1.82) is 0 Å². The Morgan fingerprint density at radius 1 is 1.35 bits per heavy atom. The highest BCUT2D eigenvalue weighted by Gasteiger charge is 2.09. The van der Waals surface area contributed by atoms with Crippen molar-refractivity contribution in [2.24, 2.45) is 7.05 Å². The molecule has 0 fully saturated rings. The van der Waals surface area contributed by atoms with E-state index in [1.165, 1.54) is 10.5 Å². The first-order valence-corrected chi connectivity index (χ1v) is 8.13. The third kappa shape index (κ3) is 4.15. The zero-order valence-electron chi connectivity index (χ0n) is 11.5. The molecule has 0 aliphatic heterocycles. The first-order valence-electron chi connectivity index (χ1n) is 6.36. The van der Waals surface area contributed by atoms with Crippen LogP contribution >= 0.6 is 27.7 Å². The van der Waals surface area contributed by atoms with Gasteiger partial charge < -0.3 is 9.88 Å². The molecule has 20 heavy (non-hydrogen) atoms. The van der Waals surface area contributed by atoms with E-state index in [1.54, 1.807) is 11.8 Å². The SMILES string of the molecule is Cc1ccc(SCCNC(=O)c2cc(Br)cn2C)cc1. The molecule has 1 N–H and O–H groups in total. The summed E-state index contributed by atoms with van der Waals surface area (Å²) in [7, 11) is 1.86. The first-order chi connectivity index (χ1) is 9.56. The number of benzene rings is 1. The number of aromatic nitrogens is 1. The van der Waals surface area contributed by atoms with Gasteiger partial charge in [-0.1, -0.05) is 17.7 Å². The van der Waals surface area contributed by atoms with Crippen LogP contribution in [0.3, 0.4) is 0 Å². The number of carbonyl (C=O) groups excluding carboxylic acids is 1. The maximum absolute atomic E-state index is 12.0. The summed E-state index contributed by atoms with van der Waals surface area (Å²) in [4.78, 5) is 13.2. The molecule has 1 aromatic carbocycles. The van der Waals surface area contributed by atoms with E-state index in [4.69, 9.17) is 0 Å². The summed E-state index contributed by atoms with van der Waals surface area (Å²) < 4.78 is 2.73. The molecular formula is C15H17BrN2OS. The minimum atomic E-state index is -0.0392. The second-order valence-electron chi connectivity index (χ2n) is 4.57. The number of nitrogens with one attached hydrogen (secondary N) is 1. The van der Waals surface area contributed by atoms with Crippen LogP contribution in [-0.2, 0) is 7.05 Å². The van der Waals surface area contributed by atoms with Crippen LogP contribution in [0, 0.1) is 6.92 Å². The molecular weight excluding hydrogens is 336 g/mol. The number of hydrogen-bond donors (Lipinski definition) is 1. The predicted molar refractivity (Wildman–Crippen MR) is 87.3 cm³/mol. The van der Waals surface area contributed by atoms with Crippen LogP contribution in [0.15, 0.2) is 45.9 Å². The number of rotatable bonds is 5. The molecule has 1 amide bonds. The van der Waals surface area contributed by atoms with Crippen LogP contribution in [0.2, 0.25) is 0 Å². The lowest BCUT2D eigenvalue weighted by molar-refractivity contribution is 0.0948. The number of hydrogen-bond acceptors (Lipinski definition) is 2. The highest BCUT2D eigenvalue weighted by Crippen LogP contribution is 2.17. The number of amides is 1. The molecule has 0 aliphatic rings. The van der Waals surface area contributed by atoms with Crippen molar-refractivity contribution in [3.05, 3.63) is 52.3 Å². The Morgan fingerprint density at radius 2 is 2.05 bits per heavy atom. The standard InChI is InChI=1S/C15H17BrN2OS/c1-11-3-5-13(6-4-11)20-8-7-17-15(19)14-9-12(16)10-18(14)2/h3-6,9-10H,7-8H2,1-2H3,(H,17,19). The molecule has 106 valence electrons. The van der Waals surface area contributed by atoms with Crippen LogP contribution in [0.5, 0.6) is 0 Å². The Morgan fingerprint density at radius 3 is 2.65 bits per heavy atom. The van der Waals surface area contributed by atoms with Crippen molar-refractivity contribution in [3.8, 4) is 0 Å². The lowest BCUT2D eigenvalue weighted by Crippen LogP contribution is -2.27. The number of halogens is 1. The summed E-state index contributed by atoms with van der Waals surface area (Å²) in [6.07, 6.45) is 1.87. The smallest absolute Gasteiger partial charge is 0.267 e. The zero-order chi connectivity index (χ0) is 14.5. The van der Waals surface area contributed by atoms with Gasteiger partial charge in [0, 0.05) is 34.9 Å². The Bertz CT molecular complexity index is 592. The average Bonchev–Trinajstić information content (AvgIpc) is 2.75. The molecule has 3 nitrogen and oxygen atoms in total. The minimum absolute atomic E-state index is 0.0392. The van der Waals surface area contributed by atoms with Gasteiger partial charge in [-0.15, -0.1) is 11.8 Å². The molecule has 0 saturated carbocycles. The van der Waals surface area contributed by atoms with E-state index in [9.17, 15) is 4.79 Å². The summed E-state index contributed by atoms with van der Waals surface area (Å²) in [5.41, 5.74) is 1.93. The summed E-state index contributed by atoms with van der Waals surface area (Å²) in [6, 6.07) is 10.2. The minimum Gasteiger partial charge on any atom is -0.350 e. The molecule has 0 saturated heterocycles. The first kappa shape index (κ1) is 15.2. The van der Waals surface area contributed by atoms with E-state index in [1.807, 2.05) is 23.9 Å². The van der Waals surface area contributed by atoms with Crippen molar-refractivity contribution in [1.82, 2.24) is 9.88 Å². The lowest BCUT2D eigenvalue weighted by Gasteiger charge is -2.06. The van der Waals surface area contributed by atoms with Gasteiger partial charge in [0.2, 0.25) is 0 Å². The molecule has 5 heteroatoms. The molecule has 2 aromatic rings. The van der Waals surface area contributed by atoms with Gasteiger partial charge >= 0.3 is 0 Å². The molecule has 2 rings (SSSR count). The molecule has 0 spiro atoms. The molecule has 0 atom stereocenters. The molecule has 1 heterocycles. The van der Waals surface area contributed by atoms with Crippen LogP contribution in [0.4, 0.5) is 0 Å². The molecule has 0 bridgehead atoms. The fourth-order valence-electron chi connectivity index (χ4n) is 1.81. The Hall–Kier alpha value is -1.20. The number of nitrogens with zero attached hydrogens (tertiary/aromatic N) is 1. The predicted octanol–water partition coefficient (Wildman–Crippen LogP) is 3.62. The monoisotopic (exact) mass is 352 g/mol. The largest absolute Gasteiger partial charge is 0.350 e. The lowest BCUT2D eigenvalue weighted by atomic mass is 10.2. The van der Waals surface area contributed by atoms with Gasteiger partial charge in [-0.3, -0.25) is 4.79 Å². The van der Waals surface area contributed by atoms with E-state index in [0.717, 1.165) is 10.2 Å². The van der Waals surface area contributed by atoms with Crippen LogP contribution in [0.1, 0.15) is 16.1 Å². The van der Waals surface area contributed by atoms with E-state index < -0.39 is 0 Å². The quantitative estimate of drug-likeness (QED) is 0.658. The van der Waals surface area contributed by atoms with Gasteiger partial charge in [0.05, 0.1) is 0 Å². The van der Waals surface area contributed by atoms with Gasteiger partial charge in [-0.25, -0.2) is 0 Å². The van der Waals surface area contributed by atoms with Crippen molar-refractivity contribution in [3.63, 3.8) is 0 Å². The van der Waals surface area contributed by atoms with E-state index in [2.05, 4.69) is 52.4 Å². The fourth-order valence-corrected chi connectivity index (χ4v) is 3.10. The maximum atomic E-state index is 12.0. The van der Waals surface area contributed by atoms with Crippen LogP contribution in [0.25, 0.3) is 0 Å². The Labute approximate surface area is 131 Å². The third-order valence-electron chi connectivity index (χ3n) is 2.88. The van der Waals surface area contributed by atoms with Crippen LogP contribution in [-0.4, -0.2) is 22.8 Å². The van der Waals surface area contributed by atoms with Gasteiger partial charge in [0.1, 0.15) is 5.69 Å². The van der Waals surface area contributed by atoms with Gasteiger partial charge in [-0.2, -0.15) is 0 Å². The summed E-state index contributed by atoms with van der Waals surface area (Å²) in [5, 5.41) is 2.93. The molecule has 0 radical (unpaired) electrons. The van der Waals surface area contributed by atoms with Crippen molar-refractivity contribution >= 4 is 33.6 Å². The maximum Gasteiger partial charge on any atom is 0.267 e. The van der Waals surface area contributed by atoms with Crippen LogP contribution < -0.4 is 5.32 Å². The Balaban J connectivity index is 1.77. The average molecular weight is 353 g/mol. The normalized spacial score (nSPS) is 10.6. The van der Waals surface area contributed by atoms with E-state index in [0.29, 0.717) is 12.2 Å². The van der Waals surface area contributed by atoms with Crippen molar-refractivity contribution in [2.75, 3.05) is 12.3 Å². The second-order valence-corrected chi connectivity index (χ2v) is 6.66. The fraction of sp³-hybridized carbons (Fsp3) is 0.267. The van der Waals surface area contributed by atoms with E-state index >= 15 is 0 Å². The Kier molecular flexibility index (Phi) is 5.31. The third-order valence-corrected chi connectivity index (χ3v) is 4.33. The van der Waals surface area contributed by atoms with Gasteiger partial charge in [-0.05, 0) is 41.1 Å². The highest BCUT2D eigenvalue weighted by molar-refractivity contribution is 9.10. The topological polar surface area (TPSA) is 34.0 Å². The molecule has 1 aromatic heterocycles. The summed E-state index contributed by atoms with van der Waals surface area (Å²) >= 11 is 5.11. The number of carbonyl (C=O) groups is 1. The van der Waals surface area contributed by atoms with Crippen molar-refractivity contribution < 1.29 is 4.79 Å². The second kappa shape index (κ2) is 6.99. The zero-order valence-corrected chi connectivity index (χ0v) is 13.9. The number of aryl methyl sites for hydroxylation is 2. The molecule has 0 aliphatic carbocycles. The number of thioether (sulfide) groups is 1.